The van der Waals surface area contributed by atoms with Gasteiger partial charge in [-0.15, -0.1) is 0 Å². The second-order valence-electron chi connectivity index (χ2n) is 3.32. The summed E-state index contributed by atoms with van der Waals surface area (Å²) in [5.41, 5.74) is 0. The molecule has 0 aliphatic carbocycles. The van der Waals surface area contributed by atoms with Crippen molar-refractivity contribution in [1.82, 2.24) is 4.98 Å². The minimum atomic E-state index is -0.415. The summed E-state index contributed by atoms with van der Waals surface area (Å²) in [6, 6.07) is 0. The molecule has 0 radical (unpaired) electrons. The molecule has 1 aromatic heterocycles. The second kappa shape index (κ2) is 4.25. The average molecular weight is 214 g/mol. The largest absolute Gasteiger partial charge is 0.388 e. The number of morpholine rings is 1. The molecule has 78 valence electrons. The Morgan fingerprint density at radius 2 is 2.29 bits per heavy atom. The zero-order valence-electron chi connectivity index (χ0n) is 8.14. The molecule has 0 bridgehead atoms. The van der Waals surface area contributed by atoms with Gasteiger partial charge in [-0.2, -0.15) is 0 Å². The molecule has 0 spiro atoms. The molecule has 5 heteroatoms. The molecular weight excluding hydrogens is 200 g/mol. The zero-order chi connectivity index (χ0) is 9.97. The summed E-state index contributed by atoms with van der Waals surface area (Å²) in [7, 11) is 0. The molecule has 1 atom stereocenters. The topological polar surface area (TPSA) is 45.6 Å². The first kappa shape index (κ1) is 9.89. The van der Waals surface area contributed by atoms with Gasteiger partial charge in [0.15, 0.2) is 5.13 Å². The Morgan fingerprint density at radius 3 is 2.86 bits per heavy atom. The molecule has 0 amide bonds. The quantitative estimate of drug-likeness (QED) is 0.798. The van der Waals surface area contributed by atoms with E-state index in [0.717, 1.165) is 36.3 Å². The number of aliphatic hydroxyl groups is 1. The van der Waals surface area contributed by atoms with Gasteiger partial charge in [-0.3, -0.25) is 0 Å². The summed E-state index contributed by atoms with van der Waals surface area (Å²) >= 11 is 1.56. The third-order valence-corrected chi connectivity index (χ3v) is 3.43. The number of anilines is 1. The fourth-order valence-electron chi connectivity index (χ4n) is 1.37. The number of nitrogens with zero attached hydrogens (tertiary/aromatic N) is 2. The molecule has 1 aromatic rings. The average Bonchev–Trinajstić information content (AvgIpc) is 2.68. The first-order chi connectivity index (χ1) is 6.77. The van der Waals surface area contributed by atoms with Gasteiger partial charge in [0.05, 0.1) is 24.2 Å². The number of thiazole rings is 1. The lowest BCUT2D eigenvalue weighted by molar-refractivity contribution is 0.122. The Balaban J connectivity index is 2.07. The van der Waals surface area contributed by atoms with Crippen molar-refractivity contribution in [3.63, 3.8) is 0 Å². The Morgan fingerprint density at radius 1 is 1.57 bits per heavy atom. The van der Waals surface area contributed by atoms with Gasteiger partial charge >= 0.3 is 0 Å². The maximum absolute atomic E-state index is 9.36. The van der Waals surface area contributed by atoms with Gasteiger partial charge in [-0.1, -0.05) is 11.3 Å². The van der Waals surface area contributed by atoms with Crippen molar-refractivity contribution < 1.29 is 9.84 Å². The highest BCUT2D eigenvalue weighted by Gasteiger charge is 2.15. The smallest absolute Gasteiger partial charge is 0.185 e. The van der Waals surface area contributed by atoms with Gasteiger partial charge in [-0.25, -0.2) is 4.98 Å². The predicted octanol–water partition coefficient (Wildman–Crippen LogP) is 1.03. The van der Waals surface area contributed by atoms with Crippen molar-refractivity contribution in [3.05, 3.63) is 11.1 Å². The molecule has 2 rings (SSSR count). The van der Waals surface area contributed by atoms with Crippen molar-refractivity contribution in [3.8, 4) is 0 Å². The first-order valence-electron chi connectivity index (χ1n) is 4.74. The van der Waals surface area contributed by atoms with E-state index in [2.05, 4.69) is 9.88 Å². The molecule has 2 heterocycles. The van der Waals surface area contributed by atoms with E-state index in [1.165, 1.54) is 0 Å². The zero-order valence-corrected chi connectivity index (χ0v) is 8.96. The van der Waals surface area contributed by atoms with Crippen LogP contribution >= 0.6 is 11.3 Å². The van der Waals surface area contributed by atoms with E-state index in [0.29, 0.717) is 0 Å². The SMILES string of the molecule is C[C@@H](O)c1cnc(N2CCOCC2)s1. The highest BCUT2D eigenvalue weighted by atomic mass is 32.1. The second-order valence-corrected chi connectivity index (χ2v) is 4.36. The van der Waals surface area contributed by atoms with Crippen LogP contribution in [0.5, 0.6) is 0 Å². The van der Waals surface area contributed by atoms with Crippen LogP contribution in [0.3, 0.4) is 0 Å². The molecular formula is C9H14N2O2S. The van der Waals surface area contributed by atoms with Gasteiger partial charge < -0.3 is 14.7 Å². The fourth-order valence-corrected chi connectivity index (χ4v) is 2.27. The van der Waals surface area contributed by atoms with Crippen LogP contribution in [0.4, 0.5) is 5.13 Å². The third-order valence-electron chi connectivity index (χ3n) is 2.20. The molecule has 1 fully saturated rings. The monoisotopic (exact) mass is 214 g/mol. The normalized spacial score (nSPS) is 19.7. The van der Waals surface area contributed by atoms with Gasteiger partial charge in [-0.05, 0) is 6.92 Å². The maximum atomic E-state index is 9.36. The molecule has 4 nitrogen and oxygen atoms in total. The molecule has 0 aromatic carbocycles. The molecule has 1 N–H and O–H groups in total. The van der Waals surface area contributed by atoms with Crippen LogP contribution in [0.2, 0.25) is 0 Å². The van der Waals surface area contributed by atoms with Gasteiger partial charge in [0.1, 0.15) is 0 Å². The fraction of sp³-hybridized carbons (Fsp3) is 0.667. The Labute approximate surface area is 87.1 Å². The van der Waals surface area contributed by atoms with Crippen molar-refractivity contribution >= 4 is 16.5 Å². The number of hydrogen-bond donors (Lipinski definition) is 1. The van der Waals surface area contributed by atoms with Crippen LogP contribution in [0.15, 0.2) is 6.20 Å². The number of aromatic nitrogens is 1. The Kier molecular flexibility index (Phi) is 3.00. The van der Waals surface area contributed by atoms with E-state index < -0.39 is 6.10 Å². The lowest BCUT2D eigenvalue weighted by Gasteiger charge is -2.26. The van der Waals surface area contributed by atoms with Crippen LogP contribution in [-0.2, 0) is 4.74 Å². The summed E-state index contributed by atoms with van der Waals surface area (Å²) < 4.78 is 5.26. The summed E-state index contributed by atoms with van der Waals surface area (Å²) in [6.45, 7) is 5.09. The van der Waals surface area contributed by atoms with Crippen molar-refractivity contribution in [2.45, 2.75) is 13.0 Å². The lowest BCUT2D eigenvalue weighted by atomic mass is 10.4. The van der Waals surface area contributed by atoms with Crippen LogP contribution in [0, 0.1) is 0 Å². The van der Waals surface area contributed by atoms with Gasteiger partial charge in [0, 0.05) is 19.3 Å². The van der Waals surface area contributed by atoms with E-state index in [-0.39, 0.29) is 0 Å². The summed E-state index contributed by atoms with van der Waals surface area (Å²) in [4.78, 5) is 7.41. The molecule has 1 aliphatic heterocycles. The van der Waals surface area contributed by atoms with Crippen molar-refractivity contribution in [2.75, 3.05) is 31.2 Å². The maximum Gasteiger partial charge on any atom is 0.185 e. The van der Waals surface area contributed by atoms with Crippen molar-refractivity contribution in [2.24, 2.45) is 0 Å². The number of ether oxygens (including phenoxy) is 1. The van der Waals surface area contributed by atoms with E-state index in [1.807, 2.05) is 0 Å². The Bertz CT molecular complexity index is 295. The Hall–Kier alpha value is -0.650. The molecule has 1 aliphatic rings. The molecule has 1 saturated heterocycles. The van der Waals surface area contributed by atoms with Crippen LogP contribution in [0.1, 0.15) is 17.9 Å². The van der Waals surface area contributed by atoms with Gasteiger partial charge in [0.2, 0.25) is 0 Å². The van der Waals surface area contributed by atoms with E-state index in [4.69, 9.17) is 4.74 Å². The van der Waals surface area contributed by atoms with Gasteiger partial charge in [0.25, 0.3) is 0 Å². The number of hydrogen-bond acceptors (Lipinski definition) is 5. The molecule has 0 saturated carbocycles. The first-order valence-corrected chi connectivity index (χ1v) is 5.55. The number of aliphatic hydroxyl groups excluding tert-OH is 1. The van der Waals surface area contributed by atoms with Crippen LogP contribution in [0.25, 0.3) is 0 Å². The minimum Gasteiger partial charge on any atom is -0.388 e. The van der Waals surface area contributed by atoms with E-state index >= 15 is 0 Å². The van der Waals surface area contributed by atoms with E-state index in [1.54, 1.807) is 24.5 Å². The van der Waals surface area contributed by atoms with Crippen molar-refractivity contribution in [1.29, 1.82) is 0 Å². The summed E-state index contributed by atoms with van der Waals surface area (Å²) in [6.07, 6.45) is 1.34. The van der Waals surface area contributed by atoms with Crippen LogP contribution < -0.4 is 4.90 Å². The minimum absolute atomic E-state index is 0.415. The third kappa shape index (κ3) is 2.05. The number of rotatable bonds is 2. The molecule has 0 unspecified atom stereocenters. The lowest BCUT2D eigenvalue weighted by Crippen LogP contribution is -2.36. The predicted molar refractivity (Wildman–Crippen MR) is 55.8 cm³/mol. The van der Waals surface area contributed by atoms with E-state index in [9.17, 15) is 5.11 Å². The summed E-state index contributed by atoms with van der Waals surface area (Å²) in [5, 5.41) is 10.4. The summed E-state index contributed by atoms with van der Waals surface area (Å²) in [5.74, 6) is 0. The highest BCUT2D eigenvalue weighted by Crippen LogP contribution is 2.27. The van der Waals surface area contributed by atoms with Crippen LogP contribution in [-0.4, -0.2) is 36.4 Å². The molecule has 14 heavy (non-hydrogen) atoms. The standard InChI is InChI=1S/C9H14N2O2S/c1-7(12)8-6-10-9(14-8)11-2-4-13-5-3-11/h6-7,12H,2-5H2,1H3/t7-/m1/s1. The highest BCUT2D eigenvalue weighted by molar-refractivity contribution is 7.15.